The summed E-state index contributed by atoms with van der Waals surface area (Å²) in [7, 11) is 0. The Morgan fingerprint density at radius 2 is 1.35 bits per heavy atom. The van der Waals surface area contributed by atoms with Gasteiger partial charge in [-0.25, -0.2) is 22.8 Å². The first-order valence-corrected chi connectivity index (χ1v) is 6.37. The number of benzene rings is 1. The standard InChI is InChI=1S/C14H11F5O4/c1-2-3-6-22-7(20)4-5-8(21)23-14-12(18)10(16)9(15)11(17)13(14)19/h4-5H,2-3,6H2,1H3/b5-4+. The Morgan fingerprint density at radius 1 is 0.870 bits per heavy atom. The predicted molar refractivity (Wildman–Crippen MR) is 66.9 cm³/mol. The Bertz CT molecular complexity index is 614. The second-order valence-corrected chi connectivity index (χ2v) is 4.17. The summed E-state index contributed by atoms with van der Waals surface area (Å²) in [6, 6.07) is 0. The fraction of sp³-hybridized carbons (Fsp3) is 0.286. The number of hydrogen-bond acceptors (Lipinski definition) is 4. The van der Waals surface area contributed by atoms with Crippen LogP contribution in [-0.4, -0.2) is 18.5 Å². The number of esters is 2. The van der Waals surface area contributed by atoms with E-state index in [0.29, 0.717) is 18.6 Å². The van der Waals surface area contributed by atoms with Gasteiger partial charge in [-0.3, -0.25) is 0 Å². The summed E-state index contributed by atoms with van der Waals surface area (Å²) >= 11 is 0. The molecule has 1 aromatic rings. The molecule has 0 amide bonds. The molecule has 0 fully saturated rings. The van der Waals surface area contributed by atoms with E-state index >= 15 is 0 Å². The van der Waals surface area contributed by atoms with E-state index in [9.17, 15) is 31.5 Å². The average Bonchev–Trinajstić information content (AvgIpc) is 2.53. The zero-order valence-corrected chi connectivity index (χ0v) is 11.8. The van der Waals surface area contributed by atoms with E-state index in [1.807, 2.05) is 6.92 Å². The van der Waals surface area contributed by atoms with Crippen LogP contribution in [0.4, 0.5) is 22.0 Å². The fourth-order valence-corrected chi connectivity index (χ4v) is 1.31. The van der Waals surface area contributed by atoms with Crippen LogP contribution >= 0.6 is 0 Å². The molecule has 126 valence electrons. The number of unbranched alkanes of at least 4 members (excludes halogenated alkanes) is 1. The van der Waals surface area contributed by atoms with E-state index in [0.717, 1.165) is 6.42 Å². The highest BCUT2D eigenvalue weighted by Gasteiger charge is 2.28. The van der Waals surface area contributed by atoms with Gasteiger partial charge >= 0.3 is 11.9 Å². The molecule has 0 unspecified atom stereocenters. The third-order valence-corrected chi connectivity index (χ3v) is 2.47. The molecule has 0 bridgehead atoms. The second-order valence-electron chi connectivity index (χ2n) is 4.17. The van der Waals surface area contributed by atoms with Crippen LogP contribution in [0.25, 0.3) is 0 Å². The number of ether oxygens (including phenoxy) is 2. The Kier molecular flexibility index (Phi) is 6.67. The summed E-state index contributed by atoms with van der Waals surface area (Å²) < 4.78 is 73.8. The van der Waals surface area contributed by atoms with E-state index < -0.39 is 46.8 Å². The number of halogens is 5. The van der Waals surface area contributed by atoms with Gasteiger partial charge in [0, 0.05) is 12.2 Å². The van der Waals surface area contributed by atoms with E-state index in [1.54, 1.807) is 0 Å². The molecule has 1 aromatic carbocycles. The van der Waals surface area contributed by atoms with Crippen molar-refractivity contribution in [3.05, 3.63) is 41.2 Å². The Morgan fingerprint density at radius 3 is 1.87 bits per heavy atom. The van der Waals surface area contributed by atoms with Gasteiger partial charge in [-0.05, 0) is 6.42 Å². The molecule has 0 aliphatic rings. The maximum atomic E-state index is 13.3. The number of carbonyl (C=O) groups is 2. The molecular weight excluding hydrogens is 327 g/mol. The van der Waals surface area contributed by atoms with Crippen molar-refractivity contribution in [3.8, 4) is 5.75 Å². The minimum atomic E-state index is -2.38. The van der Waals surface area contributed by atoms with Gasteiger partial charge in [0.15, 0.2) is 0 Å². The molecule has 0 N–H and O–H groups in total. The molecule has 0 aliphatic heterocycles. The SMILES string of the molecule is CCCCOC(=O)/C=C/C(=O)Oc1c(F)c(F)c(F)c(F)c1F. The maximum absolute atomic E-state index is 13.3. The molecule has 0 saturated carbocycles. The van der Waals surface area contributed by atoms with Crippen molar-refractivity contribution in [1.82, 2.24) is 0 Å². The van der Waals surface area contributed by atoms with Gasteiger partial charge in [-0.15, -0.1) is 0 Å². The van der Waals surface area contributed by atoms with Gasteiger partial charge in [0.1, 0.15) is 0 Å². The second kappa shape index (κ2) is 8.25. The minimum Gasteiger partial charge on any atom is -0.463 e. The van der Waals surface area contributed by atoms with Gasteiger partial charge in [0.05, 0.1) is 6.61 Å². The van der Waals surface area contributed by atoms with Crippen LogP contribution < -0.4 is 4.74 Å². The highest BCUT2D eigenvalue weighted by atomic mass is 19.2. The van der Waals surface area contributed by atoms with E-state index in [1.165, 1.54) is 0 Å². The van der Waals surface area contributed by atoms with Crippen molar-refractivity contribution < 1.29 is 41.0 Å². The minimum absolute atomic E-state index is 0.104. The van der Waals surface area contributed by atoms with Crippen LogP contribution in [0.5, 0.6) is 5.75 Å². The molecule has 0 aromatic heterocycles. The molecule has 0 spiro atoms. The number of hydrogen-bond donors (Lipinski definition) is 0. The normalized spacial score (nSPS) is 10.9. The third-order valence-electron chi connectivity index (χ3n) is 2.47. The summed E-state index contributed by atoms with van der Waals surface area (Å²) in [5.41, 5.74) is 0. The monoisotopic (exact) mass is 338 g/mol. The zero-order valence-electron chi connectivity index (χ0n) is 11.8. The van der Waals surface area contributed by atoms with E-state index in [2.05, 4.69) is 9.47 Å². The Labute approximate surface area is 127 Å². The maximum Gasteiger partial charge on any atom is 0.336 e. The molecular formula is C14H11F5O4. The molecule has 1 rings (SSSR count). The van der Waals surface area contributed by atoms with Crippen LogP contribution in [0.2, 0.25) is 0 Å². The fourth-order valence-electron chi connectivity index (χ4n) is 1.31. The number of rotatable bonds is 6. The van der Waals surface area contributed by atoms with E-state index in [-0.39, 0.29) is 6.61 Å². The summed E-state index contributed by atoms with van der Waals surface area (Å²) in [5, 5.41) is 0. The van der Waals surface area contributed by atoms with Gasteiger partial charge in [-0.1, -0.05) is 13.3 Å². The van der Waals surface area contributed by atoms with Crippen molar-refractivity contribution in [3.63, 3.8) is 0 Å². The largest absolute Gasteiger partial charge is 0.463 e. The highest BCUT2D eigenvalue weighted by molar-refractivity contribution is 5.92. The Hall–Kier alpha value is -2.45. The lowest BCUT2D eigenvalue weighted by Gasteiger charge is -2.07. The van der Waals surface area contributed by atoms with Crippen molar-refractivity contribution in [2.45, 2.75) is 19.8 Å². The van der Waals surface area contributed by atoms with Crippen LogP contribution in [0, 0.1) is 29.1 Å². The molecule has 0 radical (unpaired) electrons. The van der Waals surface area contributed by atoms with Crippen LogP contribution in [0.3, 0.4) is 0 Å². The molecule has 0 saturated heterocycles. The quantitative estimate of drug-likeness (QED) is 0.152. The lowest BCUT2D eigenvalue weighted by atomic mass is 10.2. The van der Waals surface area contributed by atoms with Crippen molar-refractivity contribution in [2.24, 2.45) is 0 Å². The van der Waals surface area contributed by atoms with Crippen molar-refractivity contribution in [1.29, 1.82) is 0 Å². The molecule has 9 heteroatoms. The third kappa shape index (κ3) is 4.76. The molecule has 0 atom stereocenters. The highest BCUT2D eigenvalue weighted by Crippen LogP contribution is 2.29. The number of carbonyl (C=O) groups excluding carboxylic acids is 2. The van der Waals surface area contributed by atoms with E-state index in [4.69, 9.17) is 0 Å². The predicted octanol–water partition coefficient (Wildman–Crippen LogP) is 3.19. The molecule has 0 aliphatic carbocycles. The lowest BCUT2D eigenvalue weighted by molar-refractivity contribution is -0.138. The van der Waals surface area contributed by atoms with Crippen LogP contribution in [-0.2, 0) is 14.3 Å². The molecule has 23 heavy (non-hydrogen) atoms. The van der Waals surface area contributed by atoms with Crippen LogP contribution in [0.1, 0.15) is 19.8 Å². The molecule has 0 heterocycles. The van der Waals surface area contributed by atoms with Crippen molar-refractivity contribution in [2.75, 3.05) is 6.61 Å². The first-order valence-electron chi connectivity index (χ1n) is 6.37. The zero-order chi connectivity index (χ0) is 17.6. The van der Waals surface area contributed by atoms with Crippen molar-refractivity contribution >= 4 is 11.9 Å². The van der Waals surface area contributed by atoms with Gasteiger partial charge < -0.3 is 9.47 Å². The van der Waals surface area contributed by atoms with Gasteiger partial charge in [-0.2, -0.15) is 8.78 Å². The summed E-state index contributed by atoms with van der Waals surface area (Å²) in [4.78, 5) is 22.4. The van der Waals surface area contributed by atoms with Gasteiger partial charge in [0.2, 0.25) is 34.8 Å². The first-order chi connectivity index (χ1) is 10.8. The topological polar surface area (TPSA) is 52.6 Å². The Balaban J connectivity index is 2.81. The van der Waals surface area contributed by atoms with Gasteiger partial charge in [0.25, 0.3) is 0 Å². The summed E-state index contributed by atoms with van der Waals surface area (Å²) in [6.45, 7) is 1.96. The summed E-state index contributed by atoms with van der Waals surface area (Å²) in [6.07, 6.45) is 2.39. The summed E-state index contributed by atoms with van der Waals surface area (Å²) in [5.74, 6) is -15.7. The first kappa shape index (κ1) is 18.6. The average molecular weight is 338 g/mol. The van der Waals surface area contributed by atoms with Crippen LogP contribution in [0.15, 0.2) is 12.2 Å². The molecule has 4 nitrogen and oxygen atoms in total. The smallest absolute Gasteiger partial charge is 0.336 e. The lowest BCUT2D eigenvalue weighted by Crippen LogP contribution is -2.12.